The van der Waals surface area contributed by atoms with Gasteiger partial charge in [0.1, 0.15) is 11.3 Å². The maximum absolute atomic E-state index is 11.3. The summed E-state index contributed by atoms with van der Waals surface area (Å²) in [5.74, 6) is 0.451. The van der Waals surface area contributed by atoms with Crippen LogP contribution in [0.25, 0.3) is 11.0 Å². The third-order valence-corrected chi connectivity index (χ3v) is 2.09. The summed E-state index contributed by atoms with van der Waals surface area (Å²) in [6, 6.07) is 6.44. The predicted molar refractivity (Wildman–Crippen MR) is 55.7 cm³/mol. The van der Waals surface area contributed by atoms with E-state index < -0.39 is 5.63 Å². The quantitative estimate of drug-likeness (QED) is 0.576. The summed E-state index contributed by atoms with van der Waals surface area (Å²) in [7, 11) is 1.52. The lowest BCUT2D eigenvalue weighted by Gasteiger charge is -2.02. The van der Waals surface area contributed by atoms with Crippen LogP contribution < -0.4 is 15.1 Å². The first-order valence-electron chi connectivity index (χ1n) is 4.47. The average Bonchev–Trinajstić information content (AvgIpc) is 2.30. The fraction of sp³-hybridized carbons (Fsp3) is 0.0909. The van der Waals surface area contributed by atoms with Gasteiger partial charge in [0.05, 0.1) is 7.11 Å². The Kier molecular flexibility index (Phi) is 2.59. The van der Waals surface area contributed by atoms with Crippen LogP contribution in [0.1, 0.15) is 0 Å². The van der Waals surface area contributed by atoms with Crippen LogP contribution in [0.15, 0.2) is 33.5 Å². The molecule has 0 aliphatic heterocycles. The van der Waals surface area contributed by atoms with Gasteiger partial charge in [-0.15, -0.1) is 0 Å². The van der Waals surface area contributed by atoms with E-state index in [9.17, 15) is 9.59 Å². The normalized spacial score (nSPS) is 10.1. The number of benzene rings is 1. The van der Waals surface area contributed by atoms with Crippen LogP contribution in [0.3, 0.4) is 0 Å². The Balaban J connectivity index is 2.63. The molecule has 0 spiro atoms. The van der Waals surface area contributed by atoms with Gasteiger partial charge >= 0.3 is 5.63 Å². The highest BCUT2D eigenvalue weighted by molar-refractivity contribution is 5.79. The number of hydrogen-bond acceptors (Lipinski definition) is 5. The number of rotatable bonds is 3. The van der Waals surface area contributed by atoms with Gasteiger partial charge in [-0.1, -0.05) is 0 Å². The Bertz CT molecular complexity index is 584. The molecular weight excluding hydrogens is 212 g/mol. The molecule has 0 aliphatic rings. The van der Waals surface area contributed by atoms with Gasteiger partial charge in [-0.3, -0.25) is 4.79 Å². The molecule has 5 nitrogen and oxygen atoms in total. The maximum atomic E-state index is 11.3. The van der Waals surface area contributed by atoms with Crippen LogP contribution in [0.4, 0.5) is 0 Å². The largest absolute Gasteiger partial charge is 0.497 e. The van der Waals surface area contributed by atoms with Crippen molar-refractivity contribution in [2.24, 2.45) is 0 Å². The third-order valence-electron chi connectivity index (χ3n) is 2.09. The number of carbonyl (C=O) groups excluding carboxylic acids is 1. The molecule has 1 heterocycles. The summed E-state index contributed by atoms with van der Waals surface area (Å²) in [6.45, 7) is 0.182. The first-order chi connectivity index (χ1) is 7.74. The first-order valence-corrected chi connectivity index (χ1v) is 4.47. The monoisotopic (exact) mass is 220 g/mol. The van der Waals surface area contributed by atoms with Crippen molar-refractivity contribution in [2.75, 3.05) is 7.11 Å². The van der Waals surface area contributed by atoms with Crippen molar-refractivity contribution >= 4 is 17.4 Å². The molecule has 2 rings (SSSR count). The van der Waals surface area contributed by atoms with E-state index >= 15 is 0 Å². The summed E-state index contributed by atoms with van der Waals surface area (Å²) >= 11 is 0. The van der Waals surface area contributed by atoms with E-state index in [1.165, 1.54) is 13.2 Å². The first kappa shape index (κ1) is 10.2. The third kappa shape index (κ3) is 1.75. The molecule has 0 radical (unpaired) electrons. The maximum Gasteiger partial charge on any atom is 0.379 e. The van der Waals surface area contributed by atoms with E-state index in [1.54, 1.807) is 18.2 Å². The zero-order valence-corrected chi connectivity index (χ0v) is 8.43. The Hall–Kier alpha value is -2.30. The number of ether oxygens (including phenoxy) is 2. The second-order valence-electron chi connectivity index (χ2n) is 3.02. The van der Waals surface area contributed by atoms with Gasteiger partial charge in [0.25, 0.3) is 6.47 Å². The molecule has 16 heavy (non-hydrogen) atoms. The zero-order chi connectivity index (χ0) is 11.5. The van der Waals surface area contributed by atoms with Crippen molar-refractivity contribution in [3.8, 4) is 11.5 Å². The second-order valence-corrected chi connectivity index (χ2v) is 3.02. The molecule has 82 valence electrons. The molecule has 0 saturated heterocycles. The number of methoxy groups -OCH3 is 1. The fourth-order valence-electron chi connectivity index (χ4n) is 1.33. The SMILES string of the molecule is COc1ccc2cc(OC=O)c(=O)oc2c1. The van der Waals surface area contributed by atoms with Gasteiger partial charge in [0.15, 0.2) is 0 Å². The highest BCUT2D eigenvalue weighted by Crippen LogP contribution is 2.21. The molecule has 5 heteroatoms. The molecule has 0 unspecified atom stereocenters. The van der Waals surface area contributed by atoms with E-state index in [4.69, 9.17) is 9.15 Å². The molecule has 0 bridgehead atoms. The summed E-state index contributed by atoms with van der Waals surface area (Å²) in [4.78, 5) is 21.5. The minimum absolute atomic E-state index is 0.132. The minimum Gasteiger partial charge on any atom is -0.497 e. The summed E-state index contributed by atoms with van der Waals surface area (Å²) < 4.78 is 14.4. The average molecular weight is 220 g/mol. The van der Waals surface area contributed by atoms with E-state index in [0.29, 0.717) is 16.7 Å². The van der Waals surface area contributed by atoms with Crippen LogP contribution in [0, 0.1) is 0 Å². The predicted octanol–water partition coefficient (Wildman–Crippen LogP) is 1.34. The van der Waals surface area contributed by atoms with Crippen molar-refractivity contribution in [1.29, 1.82) is 0 Å². The molecule has 0 fully saturated rings. The Morgan fingerprint density at radius 3 is 2.81 bits per heavy atom. The van der Waals surface area contributed by atoms with Gasteiger partial charge in [-0.25, -0.2) is 4.79 Å². The van der Waals surface area contributed by atoms with Gasteiger partial charge in [-0.05, 0) is 18.2 Å². The van der Waals surface area contributed by atoms with E-state index in [1.807, 2.05) is 0 Å². The van der Waals surface area contributed by atoms with Crippen molar-refractivity contribution in [2.45, 2.75) is 0 Å². The molecule has 0 aliphatic carbocycles. The Labute approximate surface area is 90.2 Å². The molecule has 0 amide bonds. The van der Waals surface area contributed by atoms with Crippen molar-refractivity contribution in [3.05, 3.63) is 34.7 Å². The summed E-state index contributed by atoms with van der Waals surface area (Å²) in [5, 5.41) is 0.650. The number of carbonyl (C=O) groups is 1. The molecule has 1 aromatic carbocycles. The van der Waals surface area contributed by atoms with E-state index in [2.05, 4.69) is 4.74 Å². The van der Waals surface area contributed by atoms with Crippen LogP contribution in [0.2, 0.25) is 0 Å². The Morgan fingerprint density at radius 2 is 2.12 bits per heavy atom. The second kappa shape index (κ2) is 4.06. The summed E-state index contributed by atoms with van der Waals surface area (Å²) in [6.07, 6.45) is 0. The van der Waals surface area contributed by atoms with Gasteiger partial charge in [-0.2, -0.15) is 0 Å². The highest BCUT2D eigenvalue weighted by Gasteiger charge is 2.06. The summed E-state index contributed by atoms with van der Waals surface area (Å²) in [5.41, 5.74) is -0.324. The van der Waals surface area contributed by atoms with Crippen molar-refractivity contribution < 1.29 is 18.7 Å². The fourth-order valence-corrected chi connectivity index (χ4v) is 1.33. The molecule has 2 aromatic rings. The molecule has 1 aromatic heterocycles. The van der Waals surface area contributed by atoms with Crippen molar-refractivity contribution in [3.63, 3.8) is 0 Å². The van der Waals surface area contributed by atoms with E-state index in [0.717, 1.165) is 0 Å². The van der Waals surface area contributed by atoms with E-state index in [-0.39, 0.29) is 12.2 Å². The van der Waals surface area contributed by atoms with Crippen LogP contribution >= 0.6 is 0 Å². The standard InChI is InChI=1S/C11H8O5/c1-14-8-3-2-7-4-10(15-6-12)11(13)16-9(7)5-8/h2-6H,1H3. The highest BCUT2D eigenvalue weighted by atomic mass is 16.5. The lowest BCUT2D eigenvalue weighted by atomic mass is 10.2. The minimum atomic E-state index is -0.701. The molecule has 0 atom stereocenters. The molecule has 0 N–H and O–H groups in total. The zero-order valence-electron chi connectivity index (χ0n) is 8.43. The Morgan fingerprint density at radius 1 is 1.31 bits per heavy atom. The molecule has 0 saturated carbocycles. The van der Waals surface area contributed by atoms with Gasteiger partial charge < -0.3 is 13.9 Å². The lowest BCUT2D eigenvalue weighted by Crippen LogP contribution is -2.04. The van der Waals surface area contributed by atoms with Gasteiger partial charge in [0, 0.05) is 11.5 Å². The number of hydrogen-bond donors (Lipinski definition) is 0. The van der Waals surface area contributed by atoms with Crippen LogP contribution in [-0.2, 0) is 4.79 Å². The number of fused-ring (bicyclic) bond motifs is 1. The van der Waals surface area contributed by atoms with Crippen LogP contribution in [-0.4, -0.2) is 13.6 Å². The molecular formula is C11H8O5. The van der Waals surface area contributed by atoms with Gasteiger partial charge in [0.2, 0.25) is 5.75 Å². The lowest BCUT2D eigenvalue weighted by molar-refractivity contribution is -0.120. The smallest absolute Gasteiger partial charge is 0.379 e. The van der Waals surface area contributed by atoms with Crippen molar-refractivity contribution in [1.82, 2.24) is 0 Å². The van der Waals surface area contributed by atoms with Crippen LogP contribution in [0.5, 0.6) is 11.5 Å². The topological polar surface area (TPSA) is 65.7 Å².